The third kappa shape index (κ3) is 2.48. The van der Waals surface area contributed by atoms with Crippen molar-refractivity contribution in [1.29, 1.82) is 0 Å². The Labute approximate surface area is 111 Å². The molecule has 104 valence electrons. The van der Waals surface area contributed by atoms with E-state index in [1.807, 2.05) is 0 Å². The zero-order valence-corrected chi connectivity index (χ0v) is 11.1. The summed E-state index contributed by atoms with van der Waals surface area (Å²) in [7, 11) is 2.17. The Bertz CT molecular complexity index is 468. The van der Waals surface area contributed by atoms with Crippen molar-refractivity contribution >= 4 is 5.97 Å². The van der Waals surface area contributed by atoms with Crippen molar-refractivity contribution in [3.05, 3.63) is 11.9 Å². The van der Waals surface area contributed by atoms with E-state index in [2.05, 4.69) is 27.2 Å². The summed E-state index contributed by atoms with van der Waals surface area (Å²) in [4.78, 5) is 15.6. The fourth-order valence-electron chi connectivity index (χ4n) is 2.94. The molecule has 2 aliphatic heterocycles. The molecule has 1 atom stereocenters. The van der Waals surface area contributed by atoms with E-state index in [0.29, 0.717) is 6.04 Å². The number of carboxylic acid groups (broad SMARTS) is 1. The first kappa shape index (κ1) is 12.6. The maximum Gasteiger partial charge on any atom is 0.358 e. The Balaban J connectivity index is 1.55. The summed E-state index contributed by atoms with van der Waals surface area (Å²) in [5.41, 5.74) is 0.0239. The standard InChI is InChI=1S/C12H19N5O2/c1-15-4-2-3-9(5-15)16-6-10(7-16)17-8-11(12(18)19)13-14-17/h8-10H,2-7H2,1H3,(H,18,19). The smallest absolute Gasteiger partial charge is 0.358 e. The molecule has 0 amide bonds. The Hall–Kier alpha value is -1.47. The summed E-state index contributed by atoms with van der Waals surface area (Å²) < 4.78 is 1.69. The van der Waals surface area contributed by atoms with Crippen molar-refractivity contribution < 1.29 is 9.90 Å². The topological polar surface area (TPSA) is 74.5 Å². The molecule has 1 aromatic rings. The minimum Gasteiger partial charge on any atom is -0.476 e. The molecular formula is C12H19N5O2. The lowest BCUT2D eigenvalue weighted by Crippen LogP contribution is -2.57. The summed E-state index contributed by atoms with van der Waals surface area (Å²) in [6.07, 6.45) is 4.04. The average Bonchev–Trinajstić information content (AvgIpc) is 2.76. The largest absolute Gasteiger partial charge is 0.476 e. The van der Waals surface area contributed by atoms with Gasteiger partial charge in [0.25, 0.3) is 0 Å². The van der Waals surface area contributed by atoms with Crippen molar-refractivity contribution in [2.75, 3.05) is 33.2 Å². The molecule has 2 aliphatic rings. The first-order valence-corrected chi connectivity index (χ1v) is 6.71. The van der Waals surface area contributed by atoms with Crippen LogP contribution in [0.2, 0.25) is 0 Å². The zero-order chi connectivity index (χ0) is 13.4. The monoisotopic (exact) mass is 265 g/mol. The van der Waals surface area contributed by atoms with E-state index in [0.717, 1.165) is 19.6 Å². The minimum atomic E-state index is -1.02. The molecule has 19 heavy (non-hydrogen) atoms. The average molecular weight is 265 g/mol. The highest BCUT2D eigenvalue weighted by molar-refractivity contribution is 5.84. The molecule has 0 spiro atoms. The van der Waals surface area contributed by atoms with Gasteiger partial charge in [-0.2, -0.15) is 0 Å². The van der Waals surface area contributed by atoms with E-state index in [1.165, 1.54) is 25.6 Å². The SMILES string of the molecule is CN1CCCC(N2CC(n3cc(C(=O)O)nn3)C2)C1. The lowest BCUT2D eigenvalue weighted by atomic mass is 9.99. The fourth-order valence-corrected chi connectivity index (χ4v) is 2.94. The van der Waals surface area contributed by atoms with E-state index < -0.39 is 5.97 Å². The summed E-state index contributed by atoms with van der Waals surface area (Å²) in [5.74, 6) is -1.02. The number of likely N-dealkylation sites (N-methyl/N-ethyl adjacent to an activating group) is 1. The molecule has 0 radical (unpaired) electrons. The number of carbonyl (C=O) groups is 1. The van der Waals surface area contributed by atoms with Crippen LogP contribution in [0.5, 0.6) is 0 Å². The molecule has 0 aliphatic carbocycles. The summed E-state index contributed by atoms with van der Waals surface area (Å²) in [6, 6.07) is 0.908. The molecule has 7 nitrogen and oxygen atoms in total. The van der Waals surface area contributed by atoms with Gasteiger partial charge in [-0.1, -0.05) is 5.21 Å². The first-order chi connectivity index (χ1) is 9.13. The van der Waals surface area contributed by atoms with Crippen LogP contribution in [0.15, 0.2) is 6.20 Å². The maximum atomic E-state index is 10.8. The normalized spacial score (nSPS) is 26.3. The molecule has 1 aromatic heterocycles. The van der Waals surface area contributed by atoms with E-state index in [9.17, 15) is 4.79 Å². The van der Waals surface area contributed by atoms with Crippen molar-refractivity contribution in [3.8, 4) is 0 Å². The number of nitrogens with zero attached hydrogens (tertiary/aromatic N) is 5. The van der Waals surface area contributed by atoms with Crippen LogP contribution in [0.3, 0.4) is 0 Å². The predicted octanol–water partition coefficient (Wildman–Crippen LogP) is -0.0728. The molecule has 2 saturated heterocycles. The maximum absolute atomic E-state index is 10.8. The van der Waals surface area contributed by atoms with Gasteiger partial charge in [0.05, 0.1) is 12.2 Å². The highest BCUT2D eigenvalue weighted by atomic mass is 16.4. The molecule has 3 heterocycles. The number of likely N-dealkylation sites (tertiary alicyclic amines) is 2. The number of hydrogen-bond donors (Lipinski definition) is 1. The molecule has 1 unspecified atom stereocenters. The van der Waals surface area contributed by atoms with E-state index in [1.54, 1.807) is 4.68 Å². The van der Waals surface area contributed by atoms with Gasteiger partial charge in [0.1, 0.15) is 0 Å². The van der Waals surface area contributed by atoms with Gasteiger partial charge in [-0.05, 0) is 26.4 Å². The lowest BCUT2D eigenvalue weighted by molar-refractivity contribution is 0.0192. The van der Waals surface area contributed by atoms with Crippen LogP contribution >= 0.6 is 0 Å². The number of aromatic nitrogens is 3. The summed E-state index contributed by atoms with van der Waals surface area (Å²) in [6.45, 7) is 4.21. The Morgan fingerprint density at radius 3 is 2.79 bits per heavy atom. The molecular weight excluding hydrogens is 246 g/mol. The number of carboxylic acids is 1. The number of piperidine rings is 1. The first-order valence-electron chi connectivity index (χ1n) is 6.71. The number of rotatable bonds is 3. The predicted molar refractivity (Wildman–Crippen MR) is 68.1 cm³/mol. The second-order valence-corrected chi connectivity index (χ2v) is 5.55. The van der Waals surface area contributed by atoms with Crippen molar-refractivity contribution in [2.45, 2.75) is 24.9 Å². The summed E-state index contributed by atoms with van der Waals surface area (Å²) >= 11 is 0. The van der Waals surface area contributed by atoms with Crippen LogP contribution in [-0.4, -0.2) is 75.1 Å². The Morgan fingerprint density at radius 1 is 1.37 bits per heavy atom. The molecule has 3 rings (SSSR count). The van der Waals surface area contributed by atoms with Gasteiger partial charge in [0, 0.05) is 25.7 Å². The third-order valence-corrected chi connectivity index (χ3v) is 4.11. The van der Waals surface area contributed by atoms with Crippen LogP contribution in [0, 0.1) is 0 Å². The second kappa shape index (κ2) is 4.90. The highest BCUT2D eigenvalue weighted by Crippen LogP contribution is 2.26. The quantitative estimate of drug-likeness (QED) is 0.824. The van der Waals surface area contributed by atoms with Crippen LogP contribution < -0.4 is 0 Å². The lowest BCUT2D eigenvalue weighted by Gasteiger charge is -2.46. The number of aromatic carboxylic acids is 1. The molecule has 7 heteroatoms. The van der Waals surface area contributed by atoms with E-state index in [4.69, 9.17) is 5.11 Å². The molecule has 0 saturated carbocycles. The molecule has 2 fully saturated rings. The Kier molecular flexibility index (Phi) is 3.24. The second-order valence-electron chi connectivity index (χ2n) is 5.55. The molecule has 0 bridgehead atoms. The van der Waals surface area contributed by atoms with Crippen molar-refractivity contribution in [2.24, 2.45) is 0 Å². The van der Waals surface area contributed by atoms with Crippen molar-refractivity contribution in [3.63, 3.8) is 0 Å². The van der Waals surface area contributed by atoms with Crippen LogP contribution in [0.25, 0.3) is 0 Å². The molecule has 0 aromatic carbocycles. The van der Waals surface area contributed by atoms with Crippen molar-refractivity contribution in [1.82, 2.24) is 24.8 Å². The van der Waals surface area contributed by atoms with Crippen LogP contribution in [0.1, 0.15) is 29.4 Å². The van der Waals surface area contributed by atoms with Gasteiger partial charge in [-0.15, -0.1) is 5.10 Å². The van der Waals surface area contributed by atoms with Gasteiger partial charge >= 0.3 is 5.97 Å². The summed E-state index contributed by atoms with van der Waals surface area (Å²) in [5, 5.41) is 16.4. The fraction of sp³-hybridized carbons (Fsp3) is 0.750. The number of hydrogen-bond acceptors (Lipinski definition) is 5. The van der Waals surface area contributed by atoms with E-state index >= 15 is 0 Å². The van der Waals surface area contributed by atoms with Gasteiger partial charge in [0.15, 0.2) is 5.69 Å². The molecule has 1 N–H and O–H groups in total. The van der Waals surface area contributed by atoms with Gasteiger partial charge < -0.3 is 10.0 Å². The third-order valence-electron chi connectivity index (χ3n) is 4.11. The van der Waals surface area contributed by atoms with Gasteiger partial charge in [-0.3, -0.25) is 4.90 Å². The van der Waals surface area contributed by atoms with Gasteiger partial charge in [0.2, 0.25) is 0 Å². The van der Waals surface area contributed by atoms with Crippen LogP contribution in [0.4, 0.5) is 0 Å². The minimum absolute atomic E-state index is 0.0239. The zero-order valence-electron chi connectivity index (χ0n) is 11.1. The Morgan fingerprint density at radius 2 is 2.16 bits per heavy atom. The van der Waals surface area contributed by atoms with Gasteiger partial charge in [-0.25, -0.2) is 9.48 Å². The van der Waals surface area contributed by atoms with E-state index in [-0.39, 0.29) is 11.7 Å². The van der Waals surface area contributed by atoms with Crippen LogP contribution in [-0.2, 0) is 0 Å². The highest BCUT2D eigenvalue weighted by Gasteiger charge is 2.35.